The number of carbonyl (C=O) groups is 1. The van der Waals surface area contributed by atoms with E-state index in [1.807, 2.05) is 12.1 Å². The van der Waals surface area contributed by atoms with Gasteiger partial charge in [0.2, 0.25) is 0 Å². The maximum absolute atomic E-state index is 10.8. The second-order valence-corrected chi connectivity index (χ2v) is 5.25. The number of nitrogens with zero attached hydrogens (tertiary/aromatic N) is 1. The predicted molar refractivity (Wildman–Crippen MR) is 73.3 cm³/mol. The van der Waals surface area contributed by atoms with Crippen LogP contribution in [0.5, 0.6) is 0 Å². The number of carboxylic acid groups (broad SMARTS) is 1. The zero-order valence-electron chi connectivity index (χ0n) is 11.3. The zero-order valence-corrected chi connectivity index (χ0v) is 11.3. The second-order valence-electron chi connectivity index (χ2n) is 5.25. The minimum atomic E-state index is -0.873. The molecule has 0 bridgehead atoms. The number of carboxylic acids is 1. The van der Waals surface area contributed by atoms with Gasteiger partial charge in [0.15, 0.2) is 0 Å². The highest BCUT2D eigenvalue weighted by Crippen LogP contribution is 2.16. The first kappa shape index (κ1) is 14.0. The van der Waals surface area contributed by atoms with Gasteiger partial charge >= 0.3 is 5.97 Å². The molecule has 0 aliphatic carbocycles. The highest BCUT2D eigenvalue weighted by atomic mass is 16.5. The SMILES string of the molecule is CN(Cc1ccc(C(=O)O)cc1)CC1CCOCC1. The van der Waals surface area contributed by atoms with E-state index in [1.54, 1.807) is 12.1 Å². The third-order valence-electron chi connectivity index (χ3n) is 3.56. The van der Waals surface area contributed by atoms with Gasteiger partial charge < -0.3 is 14.7 Å². The molecule has 1 heterocycles. The van der Waals surface area contributed by atoms with Gasteiger partial charge in [-0.3, -0.25) is 0 Å². The first-order valence-corrected chi connectivity index (χ1v) is 6.73. The lowest BCUT2D eigenvalue weighted by Crippen LogP contribution is -2.29. The number of rotatable bonds is 5. The summed E-state index contributed by atoms with van der Waals surface area (Å²) >= 11 is 0. The second kappa shape index (κ2) is 6.68. The van der Waals surface area contributed by atoms with Crippen LogP contribution in [0.3, 0.4) is 0 Å². The molecule has 1 N–H and O–H groups in total. The summed E-state index contributed by atoms with van der Waals surface area (Å²) < 4.78 is 5.36. The van der Waals surface area contributed by atoms with Crippen molar-refractivity contribution in [2.24, 2.45) is 5.92 Å². The molecule has 2 rings (SSSR count). The average Bonchev–Trinajstić information content (AvgIpc) is 2.40. The van der Waals surface area contributed by atoms with Gasteiger partial charge in [0, 0.05) is 26.3 Å². The van der Waals surface area contributed by atoms with Crippen molar-refractivity contribution < 1.29 is 14.6 Å². The molecule has 104 valence electrons. The van der Waals surface area contributed by atoms with Crippen LogP contribution in [0.4, 0.5) is 0 Å². The van der Waals surface area contributed by atoms with Gasteiger partial charge in [-0.15, -0.1) is 0 Å². The molecule has 1 fully saturated rings. The van der Waals surface area contributed by atoms with E-state index in [1.165, 1.54) is 0 Å². The Labute approximate surface area is 114 Å². The van der Waals surface area contributed by atoms with Crippen LogP contribution in [-0.2, 0) is 11.3 Å². The summed E-state index contributed by atoms with van der Waals surface area (Å²) in [4.78, 5) is 13.1. The molecule has 1 aliphatic rings. The molecule has 1 aromatic rings. The zero-order chi connectivity index (χ0) is 13.7. The highest BCUT2D eigenvalue weighted by molar-refractivity contribution is 5.87. The van der Waals surface area contributed by atoms with E-state index < -0.39 is 5.97 Å². The lowest BCUT2D eigenvalue weighted by atomic mass is 9.99. The van der Waals surface area contributed by atoms with Crippen LogP contribution in [0.1, 0.15) is 28.8 Å². The van der Waals surface area contributed by atoms with Crippen molar-refractivity contribution >= 4 is 5.97 Å². The van der Waals surface area contributed by atoms with Crippen LogP contribution < -0.4 is 0 Å². The van der Waals surface area contributed by atoms with E-state index in [9.17, 15) is 4.79 Å². The smallest absolute Gasteiger partial charge is 0.335 e. The van der Waals surface area contributed by atoms with Crippen molar-refractivity contribution in [3.05, 3.63) is 35.4 Å². The third kappa shape index (κ3) is 4.33. The molecule has 1 aliphatic heterocycles. The molecule has 0 amide bonds. The quantitative estimate of drug-likeness (QED) is 0.885. The molecule has 1 saturated heterocycles. The summed E-state index contributed by atoms with van der Waals surface area (Å²) in [6, 6.07) is 7.12. The average molecular weight is 263 g/mol. The Morgan fingerprint density at radius 2 is 1.95 bits per heavy atom. The first-order valence-electron chi connectivity index (χ1n) is 6.73. The number of benzene rings is 1. The number of hydrogen-bond donors (Lipinski definition) is 1. The van der Waals surface area contributed by atoms with Crippen LogP contribution in [0.2, 0.25) is 0 Å². The fourth-order valence-electron chi connectivity index (χ4n) is 2.50. The molecule has 1 aromatic carbocycles. The maximum atomic E-state index is 10.8. The summed E-state index contributed by atoms with van der Waals surface area (Å²) in [5, 5.41) is 8.85. The molecule has 0 spiro atoms. The molecule has 19 heavy (non-hydrogen) atoms. The van der Waals surface area contributed by atoms with Crippen LogP contribution in [0, 0.1) is 5.92 Å². The topological polar surface area (TPSA) is 49.8 Å². The van der Waals surface area contributed by atoms with Crippen LogP contribution >= 0.6 is 0 Å². The molecule has 0 atom stereocenters. The summed E-state index contributed by atoms with van der Waals surface area (Å²) in [5.74, 6) is -0.154. The van der Waals surface area contributed by atoms with E-state index in [0.717, 1.165) is 50.6 Å². The van der Waals surface area contributed by atoms with Crippen molar-refractivity contribution in [2.75, 3.05) is 26.8 Å². The first-order chi connectivity index (χ1) is 9.15. The molecule has 0 radical (unpaired) electrons. The van der Waals surface area contributed by atoms with Gasteiger partial charge in [-0.1, -0.05) is 12.1 Å². The van der Waals surface area contributed by atoms with Crippen LogP contribution in [0.25, 0.3) is 0 Å². The Morgan fingerprint density at radius 3 is 2.53 bits per heavy atom. The molecule has 4 heteroatoms. The standard InChI is InChI=1S/C15H21NO3/c1-16(11-13-6-8-19-9-7-13)10-12-2-4-14(5-3-12)15(17)18/h2-5,13H,6-11H2,1H3,(H,17,18). The van der Waals surface area contributed by atoms with Gasteiger partial charge in [0.1, 0.15) is 0 Å². The van der Waals surface area contributed by atoms with E-state index >= 15 is 0 Å². The lowest BCUT2D eigenvalue weighted by molar-refractivity contribution is 0.0549. The van der Waals surface area contributed by atoms with Crippen molar-refractivity contribution in [3.8, 4) is 0 Å². The van der Waals surface area contributed by atoms with Crippen LogP contribution in [0.15, 0.2) is 24.3 Å². The molecular formula is C15H21NO3. The van der Waals surface area contributed by atoms with Gasteiger partial charge in [-0.2, -0.15) is 0 Å². The fraction of sp³-hybridized carbons (Fsp3) is 0.533. The van der Waals surface area contributed by atoms with Crippen molar-refractivity contribution in [3.63, 3.8) is 0 Å². The van der Waals surface area contributed by atoms with Crippen LogP contribution in [-0.4, -0.2) is 42.8 Å². The van der Waals surface area contributed by atoms with Crippen molar-refractivity contribution in [2.45, 2.75) is 19.4 Å². The normalized spacial score (nSPS) is 16.7. The predicted octanol–water partition coefficient (Wildman–Crippen LogP) is 2.24. The van der Waals surface area contributed by atoms with Gasteiger partial charge in [-0.25, -0.2) is 4.79 Å². The Bertz CT molecular complexity index is 410. The number of hydrogen-bond acceptors (Lipinski definition) is 3. The Balaban J connectivity index is 1.83. The lowest BCUT2D eigenvalue weighted by Gasteiger charge is -2.27. The largest absolute Gasteiger partial charge is 0.478 e. The molecule has 4 nitrogen and oxygen atoms in total. The number of aromatic carboxylic acids is 1. The highest BCUT2D eigenvalue weighted by Gasteiger charge is 2.15. The Morgan fingerprint density at radius 1 is 1.32 bits per heavy atom. The summed E-state index contributed by atoms with van der Waals surface area (Å²) in [6.07, 6.45) is 2.28. The van der Waals surface area contributed by atoms with Gasteiger partial charge in [0.25, 0.3) is 0 Å². The van der Waals surface area contributed by atoms with E-state index in [-0.39, 0.29) is 0 Å². The molecule has 0 aromatic heterocycles. The summed E-state index contributed by atoms with van der Waals surface area (Å²) in [7, 11) is 2.11. The minimum Gasteiger partial charge on any atom is -0.478 e. The van der Waals surface area contributed by atoms with E-state index in [2.05, 4.69) is 11.9 Å². The third-order valence-corrected chi connectivity index (χ3v) is 3.56. The minimum absolute atomic E-state index is 0.343. The van der Waals surface area contributed by atoms with E-state index in [0.29, 0.717) is 5.56 Å². The van der Waals surface area contributed by atoms with E-state index in [4.69, 9.17) is 9.84 Å². The fourth-order valence-corrected chi connectivity index (χ4v) is 2.50. The summed E-state index contributed by atoms with van der Waals surface area (Å²) in [6.45, 7) is 3.69. The van der Waals surface area contributed by atoms with Gasteiger partial charge in [-0.05, 0) is 43.5 Å². The van der Waals surface area contributed by atoms with Crippen molar-refractivity contribution in [1.82, 2.24) is 4.90 Å². The van der Waals surface area contributed by atoms with Crippen molar-refractivity contribution in [1.29, 1.82) is 0 Å². The van der Waals surface area contributed by atoms with Gasteiger partial charge in [0.05, 0.1) is 5.56 Å². The number of ether oxygens (including phenoxy) is 1. The molecule has 0 saturated carbocycles. The Hall–Kier alpha value is -1.39. The summed E-state index contributed by atoms with van der Waals surface area (Å²) in [5.41, 5.74) is 1.50. The molecule has 0 unspecified atom stereocenters. The Kier molecular flexibility index (Phi) is 4.93. The monoisotopic (exact) mass is 263 g/mol. The molecular weight excluding hydrogens is 242 g/mol. The maximum Gasteiger partial charge on any atom is 0.335 e.